The first-order chi connectivity index (χ1) is 4.61. The molecule has 54 valence electrons. The molecule has 0 aromatic carbocycles. The highest BCUT2D eigenvalue weighted by atomic mass is 35.5. The van der Waals surface area contributed by atoms with Gasteiger partial charge in [-0.25, -0.2) is 4.98 Å². The highest BCUT2D eigenvalue weighted by molar-refractivity contribution is 6.40. The zero-order chi connectivity index (χ0) is 7.72. The minimum absolute atomic E-state index is 0.131. The van der Waals surface area contributed by atoms with Crippen LogP contribution in [-0.2, 0) is 0 Å². The molecular weight excluding hydrogens is 175 g/mol. The molecule has 0 aliphatic heterocycles. The second kappa shape index (κ2) is 2.48. The lowest BCUT2D eigenvalue weighted by Gasteiger charge is -1.85. The number of halogens is 2. The summed E-state index contributed by atoms with van der Waals surface area (Å²) in [5, 5.41) is 7.24. The van der Waals surface area contributed by atoms with Crippen LogP contribution in [-0.4, -0.2) is 15.8 Å². The smallest absolute Gasteiger partial charge is 0.175 e. The summed E-state index contributed by atoms with van der Waals surface area (Å²) in [5.74, 6) is 0.00352. The summed E-state index contributed by atoms with van der Waals surface area (Å²) in [4.78, 5) is 6.15. The van der Waals surface area contributed by atoms with Crippen LogP contribution in [0.2, 0.25) is 10.3 Å². The van der Waals surface area contributed by atoms with Crippen molar-refractivity contribution in [3.63, 3.8) is 0 Å². The summed E-state index contributed by atoms with van der Waals surface area (Å²) in [7, 11) is 0. The van der Waals surface area contributed by atoms with Crippen molar-refractivity contribution in [3.8, 4) is 0 Å². The number of imidazole rings is 1. The maximum absolute atomic E-state index is 6.91. The van der Waals surface area contributed by atoms with Crippen LogP contribution in [0.3, 0.4) is 0 Å². The van der Waals surface area contributed by atoms with Crippen molar-refractivity contribution in [2.45, 2.75) is 0 Å². The summed E-state index contributed by atoms with van der Waals surface area (Å²) in [6.45, 7) is 0. The molecule has 0 spiro atoms. The number of nitrogens with two attached hydrogens (primary N) is 1. The van der Waals surface area contributed by atoms with E-state index in [1.54, 1.807) is 0 Å². The maximum Gasteiger partial charge on any atom is 0.175 e. The third-order valence-electron chi connectivity index (χ3n) is 0.874. The number of hydrogen-bond acceptors (Lipinski definition) is 2. The number of amidine groups is 1. The van der Waals surface area contributed by atoms with E-state index in [4.69, 9.17) is 34.3 Å². The number of aromatic amines is 1. The molecule has 0 amide bonds. The molecule has 6 heteroatoms. The van der Waals surface area contributed by atoms with Gasteiger partial charge in [-0.2, -0.15) is 0 Å². The van der Waals surface area contributed by atoms with Crippen LogP contribution in [0.1, 0.15) is 5.82 Å². The Morgan fingerprint density at radius 2 is 2.20 bits per heavy atom. The summed E-state index contributed by atoms with van der Waals surface area (Å²) in [6.07, 6.45) is 0. The Hall–Kier alpha value is -0.740. The van der Waals surface area contributed by atoms with Gasteiger partial charge in [-0.15, -0.1) is 0 Å². The monoisotopic (exact) mass is 178 g/mol. The van der Waals surface area contributed by atoms with Gasteiger partial charge in [-0.05, 0) is 0 Å². The first kappa shape index (κ1) is 7.37. The maximum atomic E-state index is 6.91. The lowest BCUT2D eigenvalue weighted by Crippen LogP contribution is -2.12. The molecule has 1 aromatic heterocycles. The van der Waals surface area contributed by atoms with Crippen LogP contribution < -0.4 is 5.73 Å². The fourth-order valence-corrected chi connectivity index (χ4v) is 0.722. The standard InChI is InChI=1S/C4H4Cl2N4/c5-1-2(6)10-4(9-1)3(7)8/h(H3,7,8)(H,9,10). The second-order valence-electron chi connectivity index (χ2n) is 1.60. The largest absolute Gasteiger partial charge is 0.381 e. The van der Waals surface area contributed by atoms with Gasteiger partial charge in [0.25, 0.3) is 0 Å². The molecule has 4 nitrogen and oxygen atoms in total. The fourth-order valence-electron chi connectivity index (χ4n) is 0.458. The third-order valence-corrected chi connectivity index (χ3v) is 1.52. The Morgan fingerprint density at radius 3 is 2.40 bits per heavy atom. The predicted molar refractivity (Wildman–Crippen MR) is 39.6 cm³/mol. The van der Waals surface area contributed by atoms with Gasteiger partial charge in [0.1, 0.15) is 5.15 Å². The second-order valence-corrected chi connectivity index (χ2v) is 2.34. The zero-order valence-electron chi connectivity index (χ0n) is 4.78. The van der Waals surface area contributed by atoms with Crippen LogP contribution in [0.15, 0.2) is 0 Å². The number of nitrogens with one attached hydrogen (secondary N) is 2. The minimum Gasteiger partial charge on any atom is -0.381 e. The molecule has 10 heavy (non-hydrogen) atoms. The topological polar surface area (TPSA) is 78.6 Å². The number of hydrogen-bond donors (Lipinski definition) is 3. The summed E-state index contributed by atoms with van der Waals surface area (Å²) < 4.78 is 0. The molecule has 0 atom stereocenters. The molecule has 0 bridgehead atoms. The molecule has 0 unspecified atom stereocenters. The van der Waals surface area contributed by atoms with Gasteiger partial charge in [0.15, 0.2) is 16.8 Å². The quantitative estimate of drug-likeness (QED) is 0.444. The Labute approximate surface area is 66.9 Å². The molecule has 0 aliphatic rings. The lowest BCUT2D eigenvalue weighted by atomic mass is 10.6. The Morgan fingerprint density at radius 1 is 1.60 bits per heavy atom. The summed E-state index contributed by atoms with van der Waals surface area (Å²) >= 11 is 10.9. The van der Waals surface area contributed by atoms with E-state index in [1.165, 1.54) is 0 Å². The molecule has 1 aromatic rings. The van der Waals surface area contributed by atoms with Crippen molar-refractivity contribution in [2.75, 3.05) is 0 Å². The molecule has 0 saturated heterocycles. The molecule has 0 radical (unpaired) electrons. The van der Waals surface area contributed by atoms with E-state index in [0.29, 0.717) is 0 Å². The third kappa shape index (κ3) is 1.22. The van der Waals surface area contributed by atoms with Crippen LogP contribution in [0.5, 0.6) is 0 Å². The van der Waals surface area contributed by atoms with Crippen molar-refractivity contribution in [3.05, 3.63) is 16.1 Å². The van der Waals surface area contributed by atoms with E-state index in [9.17, 15) is 0 Å². The molecule has 0 saturated carbocycles. The van der Waals surface area contributed by atoms with Gasteiger partial charge in [0, 0.05) is 0 Å². The van der Waals surface area contributed by atoms with Crippen molar-refractivity contribution >= 4 is 29.0 Å². The highest BCUT2D eigenvalue weighted by Crippen LogP contribution is 2.16. The van der Waals surface area contributed by atoms with Crippen molar-refractivity contribution in [1.29, 1.82) is 5.41 Å². The van der Waals surface area contributed by atoms with Gasteiger partial charge in [0.2, 0.25) is 0 Å². The van der Waals surface area contributed by atoms with Crippen LogP contribution in [0.4, 0.5) is 0 Å². The van der Waals surface area contributed by atoms with E-state index in [0.717, 1.165) is 0 Å². The molecule has 0 aliphatic carbocycles. The summed E-state index contributed by atoms with van der Waals surface area (Å²) in [6, 6.07) is 0. The highest BCUT2D eigenvalue weighted by Gasteiger charge is 2.06. The number of rotatable bonds is 1. The van der Waals surface area contributed by atoms with Gasteiger partial charge in [-0.3, -0.25) is 5.41 Å². The fraction of sp³-hybridized carbons (Fsp3) is 0. The van der Waals surface area contributed by atoms with E-state index in [1.807, 2.05) is 0 Å². The number of H-pyrrole nitrogens is 1. The Bertz CT molecular complexity index is 247. The predicted octanol–water partition coefficient (Wildman–Crippen LogP) is 1.00. The normalized spacial score (nSPS) is 9.80. The van der Waals surface area contributed by atoms with Gasteiger partial charge in [-0.1, -0.05) is 23.2 Å². The van der Waals surface area contributed by atoms with Crippen molar-refractivity contribution in [1.82, 2.24) is 9.97 Å². The van der Waals surface area contributed by atoms with E-state index in [2.05, 4.69) is 9.97 Å². The van der Waals surface area contributed by atoms with Crippen molar-refractivity contribution in [2.24, 2.45) is 5.73 Å². The van der Waals surface area contributed by atoms with E-state index >= 15 is 0 Å². The van der Waals surface area contributed by atoms with Gasteiger partial charge < -0.3 is 10.7 Å². The molecule has 1 heterocycles. The van der Waals surface area contributed by atoms with Crippen LogP contribution in [0, 0.1) is 5.41 Å². The van der Waals surface area contributed by atoms with Gasteiger partial charge in [0.05, 0.1) is 0 Å². The molecule has 4 N–H and O–H groups in total. The Balaban J connectivity index is 3.10. The SMILES string of the molecule is N=C(N)c1nc(Cl)c(Cl)[nH]1. The Kier molecular flexibility index (Phi) is 1.82. The first-order valence-electron chi connectivity index (χ1n) is 2.36. The molecule has 1 rings (SSSR count). The van der Waals surface area contributed by atoms with Crippen LogP contribution >= 0.6 is 23.2 Å². The lowest BCUT2D eigenvalue weighted by molar-refractivity contribution is 1.22. The van der Waals surface area contributed by atoms with E-state index < -0.39 is 0 Å². The van der Waals surface area contributed by atoms with Gasteiger partial charge >= 0.3 is 0 Å². The molecular formula is C4H4Cl2N4. The zero-order valence-corrected chi connectivity index (χ0v) is 6.29. The first-order valence-corrected chi connectivity index (χ1v) is 3.12. The minimum atomic E-state index is -0.186. The number of nitrogen functional groups attached to an aromatic ring is 1. The van der Waals surface area contributed by atoms with E-state index in [-0.39, 0.29) is 22.0 Å². The number of nitrogens with zero attached hydrogens (tertiary/aromatic N) is 1. The number of aromatic nitrogens is 2. The average Bonchev–Trinajstić information content (AvgIpc) is 2.13. The molecule has 0 fully saturated rings. The summed E-state index contributed by atoms with van der Waals surface area (Å²) in [5.41, 5.74) is 5.07. The van der Waals surface area contributed by atoms with Crippen LogP contribution in [0.25, 0.3) is 0 Å². The van der Waals surface area contributed by atoms with Crippen molar-refractivity contribution < 1.29 is 0 Å². The average molecular weight is 179 g/mol.